The quantitative estimate of drug-likeness (QED) is 0.708. The second-order valence-corrected chi connectivity index (χ2v) is 3.62. The normalized spacial score (nSPS) is 24.5. The molecular formula is C9H11N5O3. The molecule has 2 aromatic rings. The molecule has 0 aromatic carbocycles. The lowest BCUT2D eigenvalue weighted by Crippen LogP contribution is -2.15. The topological polar surface area (TPSA) is 108 Å². The van der Waals surface area contributed by atoms with Crippen LogP contribution in [0.5, 0.6) is 0 Å². The van der Waals surface area contributed by atoms with Gasteiger partial charge < -0.3 is 20.3 Å². The maximum absolute atomic E-state index is 8.92. The summed E-state index contributed by atoms with van der Waals surface area (Å²) in [5.74, 6) is 0.325. The van der Waals surface area contributed by atoms with E-state index in [-0.39, 0.29) is 12.8 Å². The van der Waals surface area contributed by atoms with Crippen LogP contribution in [0.2, 0.25) is 0 Å². The highest BCUT2D eigenvalue weighted by atomic mass is 16.7. The summed E-state index contributed by atoms with van der Waals surface area (Å²) in [6.45, 7) is 0.154. The number of hydrogen-bond donors (Lipinski definition) is 2. The van der Waals surface area contributed by atoms with Crippen molar-refractivity contribution < 1.29 is 14.6 Å². The smallest absolute Gasteiger partial charge is 0.183 e. The lowest BCUT2D eigenvalue weighted by molar-refractivity contribution is -0.0980. The van der Waals surface area contributed by atoms with Gasteiger partial charge >= 0.3 is 0 Å². The Bertz CT molecular complexity index is 542. The zero-order valence-electron chi connectivity index (χ0n) is 8.85. The number of aliphatic hydroxyl groups excluding tert-OH is 1. The van der Waals surface area contributed by atoms with E-state index in [9.17, 15) is 0 Å². The van der Waals surface area contributed by atoms with Crippen LogP contribution in [0.3, 0.4) is 0 Å². The SMILES string of the molecule is Nc1ncnc2c1ncn2[C@@H]1COC(CO)O1. The molecule has 2 aromatic heterocycles. The van der Waals surface area contributed by atoms with Crippen molar-refractivity contribution in [2.45, 2.75) is 12.5 Å². The first-order valence-corrected chi connectivity index (χ1v) is 5.10. The number of nitrogens with zero attached hydrogens (tertiary/aromatic N) is 4. The largest absolute Gasteiger partial charge is 0.391 e. The number of fused-ring (bicyclic) bond motifs is 1. The first-order valence-electron chi connectivity index (χ1n) is 5.10. The Kier molecular flexibility index (Phi) is 2.39. The number of anilines is 1. The van der Waals surface area contributed by atoms with Gasteiger partial charge in [-0.25, -0.2) is 15.0 Å². The lowest BCUT2D eigenvalue weighted by Gasteiger charge is -2.11. The molecule has 1 aliphatic heterocycles. The van der Waals surface area contributed by atoms with Crippen molar-refractivity contribution in [2.75, 3.05) is 18.9 Å². The number of ether oxygens (including phenoxy) is 2. The van der Waals surface area contributed by atoms with Crippen molar-refractivity contribution >= 4 is 17.0 Å². The van der Waals surface area contributed by atoms with Crippen molar-refractivity contribution in [1.82, 2.24) is 19.5 Å². The van der Waals surface area contributed by atoms with Crippen molar-refractivity contribution in [1.29, 1.82) is 0 Å². The van der Waals surface area contributed by atoms with Gasteiger partial charge in [0.05, 0.1) is 19.5 Å². The van der Waals surface area contributed by atoms with Gasteiger partial charge in [-0.3, -0.25) is 4.57 Å². The Labute approximate surface area is 96.0 Å². The molecule has 1 aliphatic rings. The lowest BCUT2D eigenvalue weighted by atomic mass is 10.5. The van der Waals surface area contributed by atoms with E-state index in [1.54, 1.807) is 10.9 Å². The van der Waals surface area contributed by atoms with Gasteiger partial charge in [-0.05, 0) is 0 Å². The summed E-state index contributed by atoms with van der Waals surface area (Å²) >= 11 is 0. The van der Waals surface area contributed by atoms with Crippen LogP contribution in [0.1, 0.15) is 6.23 Å². The van der Waals surface area contributed by atoms with E-state index < -0.39 is 6.29 Å². The summed E-state index contributed by atoms with van der Waals surface area (Å²) in [5, 5.41) is 8.92. The highest BCUT2D eigenvalue weighted by molar-refractivity contribution is 5.81. The van der Waals surface area contributed by atoms with E-state index in [1.165, 1.54) is 6.33 Å². The number of hydrogen-bond acceptors (Lipinski definition) is 7. The van der Waals surface area contributed by atoms with E-state index in [0.29, 0.717) is 23.6 Å². The summed E-state index contributed by atoms with van der Waals surface area (Å²) in [7, 11) is 0. The first-order chi connectivity index (χ1) is 8.29. The highest BCUT2D eigenvalue weighted by Crippen LogP contribution is 2.25. The average Bonchev–Trinajstić information content (AvgIpc) is 2.94. The van der Waals surface area contributed by atoms with E-state index in [0.717, 1.165) is 0 Å². The van der Waals surface area contributed by atoms with Crippen LogP contribution < -0.4 is 5.73 Å². The van der Waals surface area contributed by atoms with Gasteiger partial charge in [-0.15, -0.1) is 0 Å². The van der Waals surface area contributed by atoms with Gasteiger partial charge in [0.15, 0.2) is 24.0 Å². The summed E-state index contributed by atoms with van der Waals surface area (Å²) in [4.78, 5) is 12.1. The van der Waals surface area contributed by atoms with Gasteiger partial charge in [0.25, 0.3) is 0 Å². The predicted octanol–water partition coefficient (Wildman–Crippen LogP) is -0.728. The molecule has 8 heteroatoms. The molecule has 0 saturated carbocycles. The third-order valence-electron chi connectivity index (χ3n) is 2.58. The van der Waals surface area contributed by atoms with Crippen LogP contribution >= 0.6 is 0 Å². The molecule has 1 saturated heterocycles. The first kappa shape index (κ1) is 10.4. The summed E-state index contributed by atoms with van der Waals surface area (Å²) in [6, 6.07) is 0. The molecule has 0 spiro atoms. The van der Waals surface area contributed by atoms with Gasteiger partial charge in [-0.1, -0.05) is 0 Å². The van der Waals surface area contributed by atoms with Gasteiger partial charge in [0.1, 0.15) is 11.8 Å². The molecule has 90 valence electrons. The van der Waals surface area contributed by atoms with Crippen molar-refractivity contribution in [3.63, 3.8) is 0 Å². The van der Waals surface area contributed by atoms with E-state index in [4.69, 9.17) is 20.3 Å². The van der Waals surface area contributed by atoms with E-state index in [1.807, 2.05) is 0 Å². The van der Waals surface area contributed by atoms with Crippen molar-refractivity contribution in [3.8, 4) is 0 Å². The number of nitrogens with two attached hydrogens (primary N) is 1. The molecule has 3 rings (SSSR count). The summed E-state index contributed by atoms with van der Waals surface area (Å²) in [6.07, 6.45) is 1.99. The fraction of sp³-hybridized carbons (Fsp3) is 0.444. The zero-order valence-corrected chi connectivity index (χ0v) is 8.85. The molecule has 3 heterocycles. The number of aromatic nitrogens is 4. The Balaban J connectivity index is 1.99. The second kappa shape index (κ2) is 3.91. The van der Waals surface area contributed by atoms with Crippen LogP contribution in [0, 0.1) is 0 Å². The highest BCUT2D eigenvalue weighted by Gasteiger charge is 2.28. The molecule has 1 unspecified atom stereocenters. The number of imidazole rings is 1. The molecule has 0 radical (unpaired) electrons. The number of aliphatic hydroxyl groups is 1. The Hall–Kier alpha value is -1.77. The molecular weight excluding hydrogens is 226 g/mol. The Morgan fingerprint density at radius 1 is 1.47 bits per heavy atom. The van der Waals surface area contributed by atoms with Gasteiger partial charge in [-0.2, -0.15) is 0 Å². The van der Waals surface area contributed by atoms with Crippen LogP contribution in [0.4, 0.5) is 5.82 Å². The van der Waals surface area contributed by atoms with Gasteiger partial charge in [0.2, 0.25) is 0 Å². The third-order valence-corrected chi connectivity index (χ3v) is 2.58. The Morgan fingerprint density at radius 2 is 2.35 bits per heavy atom. The fourth-order valence-electron chi connectivity index (χ4n) is 1.77. The summed E-state index contributed by atoms with van der Waals surface area (Å²) in [5.41, 5.74) is 6.80. The number of rotatable bonds is 2. The standard InChI is InChI=1S/C9H11N5O3/c10-8-7-9(12-3-11-8)14(4-13-7)5-2-16-6(1-15)17-5/h3-6,15H,1-2H2,(H2,10,11,12)/t5-,6?/m0/s1. The minimum Gasteiger partial charge on any atom is -0.391 e. The number of nitrogen functional groups attached to an aromatic ring is 1. The predicted molar refractivity (Wildman–Crippen MR) is 56.7 cm³/mol. The van der Waals surface area contributed by atoms with Crippen LogP contribution in [0.15, 0.2) is 12.7 Å². The Morgan fingerprint density at radius 3 is 3.12 bits per heavy atom. The fourth-order valence-corrected chi connectivity index (χ4v) is 1.77. The third kappa shape index (κ3) is 1.62. The molecule has 0 amide bonds. The monoisotopic (exact) mass is 237 g/mol. The molecule has 0 bridgehead atoms. The van der Waals surface area contributed by atoms with E-state index >= 15 is 0 Å². The maximum atomic E-state index is 8.92. The molecule has 2 atom stereocenters. The second-order valence-electron chi connectivity index (χ2n) is 3.62. The minimum atomic E-state index is -0.600. The minimum absolute atomic E-state index is 0.180. The molecule has 0 aliphatic carbocycles. The summed E-state index contributed by atoms with van der Waals surface area (Å²) < 4.78 is 12.4. The molecule has 8 nitrogen and oxygen atoms in total. The van der Waals surface area contributed by atoms with Crippen molar-refractivity contribution in [2.24, 2.45) is 0 Å². The zero-order chi connectivity index (χ0) is 11.8. The van der Waals surface area contributed by atoms with Gasteiger partial charge in [0, 0.05) is 0 Å². The molecule has 17 heavy (non-hydrogen) atoms. The molecule has 1 fully saturated rings. The maximum Gasteiger partial charge on any atom is 0.183 e. The van der Waals surface area contributed by atoms with E-state index in [2.05, 4.69) is 15.0 Å². The van der Waals surface area contributed by atoms with Crippen LogP contribution in [-0.4, -0.2) is 44.1 Å². The van der Waals surface area contributed by atoms with Crippen molar-refractivity contribution in [3.05, 3.63) is 12.7 Å². The molecule has 3 N–H and O–H groups in total. The van der Waals surface area contributed by atoms with Crippen LogP contribution in [-0.2, 0) is 9.47 Å². The average molecular weight is 237 g/mol. The van der Waals surface area contributed by atoms with Crippen LogP contribution in [0.25, 0.3) is 11.2 Å².